The third-order valence-corrected chi connectivity index (χ3v) is 3.93. The van der Waals surface area contributed by atoms with Gasteiger partial charge >= 0.3 is 0 Å². The van der Waals surface area contributed by atoms with Gasteiger partial charge in [0.05, 0.1) is 0 Å². The highest BCUT2D eigenvalue weighted by atomic mass is 35.5. The van der Waals surface area contributed by atoms with E-state index in [9.17, 15) is 5.11 Å². The molecule has 0 atom stereocenters. The molecule has 0 aliphatic rings. The molecule has 0 unspecified atom stereocenters. The molecule has 3 N–H and O–H groups in total. The minimum absolute atomic E-state index is 0.286. The minimum Gasteiger partial charge on any atom is -0.508 e. The number of nitrogens with one attached hydrogen (secondary N) is 2. The van der Waals surface area contributed by atoms with Crippen molar-refractivity contribution >= 4 is 28.9 Å². The van der Waals surface area contributed by atoms with Gasteiger partial charge in [-0.15, -0.1) is 0 Å². The van der Waals surface area contributed by atoms with Crippen LogP contribution in [0.4, 0.5) is 0 Å². The predicted octanol–water partition coefficient (Wildman–Crippen LogP) is 3.29. The van der Waals surface area contributed by atoms with Crippen LogP contribution in [0.15, 0.2) is 48.5 Å². The molecule has 116 valence electrons. The third kappa shape index (κ3) is 5.54. The SMILES string of the molecule is Oc1ccc(CCNC(=S)NCCc2ccccc2Cl)cc1. The number of phenolic OH excluding ortho intramolecular Hbond substituents is 1. The van der Waals surface area contributed by atoms with Gasteiger partial charge in [0, 0.05) is 18.1 Å². The Morgan fingerprint density at radius 1 is 0.955 bits per heavy atom. The van der Waals surface area contributed by atoms with E-state index in [0.29, 0.717) is 5.11 Å². The van der Waals surface area contributed by atoms with Gasteiger partial charge in [-0.1, -0.05) is 41.9 Å². The lowest BCUT2D eigenvalue weighted by atomic mass is 10.1. The van der Waals surface area contributed by atoms with Crippen LogP contribution in [-0.4, -0.2) is 23.3 Å². The van der Waals surface area contributed by atoms with Crippen LogP contribution in [0.2, 0.25) is 5.02 Å². The van der Waals surface area contributed by atoms with Gasteiger partial charge in [0.2, 0.25) is 0 Å². The third-order valence-electron chi connectivity index (χ3n) is 3.27. The minimum atomic E-state index is 0.286. The number of aromatic hydroxyl groups is 1. The lowest BCUT2D eigenvalue weighted by molar-refractivity contribution is 0.475. The fraction of sp³-hybridized carbons (Fsp3) is 0.235. The summed E-state index contributed by atoms with van der Waals surface area (Å²) in [7, 11) is 0. The summed E-state index contributed by atoms with van der Waals surface area (Å²) in [5, 5.41) is 17.0. The van der Waals surface area contributed by atoms with Crippen molar-refractivity contribution in [3.63, 3.8) is 0 Å². The molecule has 0 saturated carbocycles. The smallest absolute Gasteiger partial charge is 0.166 e. The van der Waals surface area contributed by atoms with Gasteiger partial charge in [0.15, 0.2) is 5.11 Å². The molecule has 2 rings (SSSR count). The Morgan fingerprint density at radius 2 is 1.59 bits per heavy atom. The van der Waals surface area contributed by atoms with E-state index in [1.165, 1.54) is 0 Å². The van der Waals surface area contributed by atoms with E-state index < -0.39 is 0 Å². The molecule has 2 aromatic carbocycles. The maximum Gasteiger partial charge on any atom is 0.166 e. The second-order valence-corrected chi connectivity index (χ2v) is 5.76. The first-order chi connectivity index (χ1) is 10.6. The molecule has 0 radical (unpaired) electrons. The van der Waals surface area contributed by atoms with Crippen molar-refractivity contribution in [1.29, 1.82) is 0 Å². The van der Waals surface area contributed by atoms with E-state index >= 15 is 0 Å². The molecular formula is C17H19ClN2OS. The van der Waals surface area contributed by atoms with E-state index in [1.54, 1.807) is 12.1 Å². The van der Waals surface area contributed by atoms with Crippen molar-refractivity contribution in [2.75, 3.05) is 13.1 Å². The van der Waals surface area contributed by atoms with Crippen molar-refractivity contribution < 1.29 is 5.11 Å². The quantitative estimate of drug-likeness (QED) is 0.709. The van der Waals surface area contributed by atoms with Gasteiger partial charge in [0.25, 0.3) is 0 Å². The normalized spacial score (nSPS) is 10.2. The van der Waals surface area contributed by atoms with Crippen LogP contribution in [0.1, 0.15) is 11.1 Å². The molecule has 0 spiro atoms. The summed E-state index contributed by atoms with van der Waals surface area (Å²) in [6.07, 6.45) is 1.69. The first-order valence-corrected chi connectivity index (χ1v) is 7.97. The summed E-state index contributed by atoms with van der Waals surface area (Å²) >= 11 is 11.4. The molecule has 0 fully saturated rings. The fourth-order valence-electron chi connectivity index (χ4n) is 2.06. The molecular weight excluding hydrogens is 316 g/mol. The van der Waals surface area contributed by atoms with Crippen LogP contribution in [0.3, 0.4) is 0 Å². The summed E-state index contributed by atoms with van der Waals surface area (Å²) < 4.78 is 0. The van der Waals surface area contributed by atoms with Gasteiger partial charge in [-0.05, 0) is 54.4 Å². The topological polar surface area (TPSA) is 44.3 Å². The molecule has 3 nitrogen and oxygen atoms in total. The summed E-state index contributed by atoms with van der Waals surface area (Å²) in [4.78, 5) is 0. The van der Waals surface area contributed by atoms with Gasteiger partial charge in [-0.2, -0.15) is 0 Å². The Morgan fingerprint density at radius 3 is 2.27 bits per heavy atom. The Kier molecular flexibility index (Phi) is 6.49. The highest BCUT2D eigenvalue weighted by Gasteiger charge is 2.00. The standard InChI is InChI=1S/C17H19ClN2OS/c18-16-4-2-1-3-14(16)10-12-20-17(22)19-11-9-13-5-7-15(21)8-6-13/h1-8,21H,9-12H2,(H2,19,20,22). The molecule has 0 amide bonds. The summed E-state index contributed by atoms with van der Waals surface area (Å²) in [5.74, 6) is 0.286. The second-order valence-electron chi connectivity index (χ2n) is 4.94. The molecule has 0 aliphatic heterocycles. The number of rotatable bonds is 6. The highest BCUT2D eigenvalue weighted by Crippen LogP contribution is 2.14. The Labute approximate surface area is 141 Å². The maximum atomic E-state index is 9.23. The molecule has 22 heavy (non-hydrogen) atoms. The summed E-state index contributed by atoms with van der Waals surface area (Å²) in [6, 6.07) is 15.0. The number of halogens is 1. The largest absolute Gasteiger partial charge is 0.508 e. The molecule has 0 bridgehead atoms. The first kappa shape index (κ1) is 16.6. The Balaban J connectivity index is 1.64. The Bertz CT molecular complexity index is 616. The molecule has 0 aliphatic carbocycles. The molecule has 5 heteroatoms. The first-order valence-electron chi connectivity index (χ1n) is 7.18. The van der Waals surface area contributed by atoms with Crippen LogP contribution in [0.25, 0.3) is 0 Å². The van der Waals surface area contributed by atoms with E-state index in [2.05, 4.69) is 10.6 Å². The van der Waals surface area contributed by atoms with Crippen LogP contribution < -0.4 is 10.6 Å². The van der Waals surface area contributed by atoms with Gasteiger partial charge in [0.1, 0.15) is 5.75 Å². The number of thiocarbonyl (C=S) groups is 1. The van der Waals surface area contributed by atoms with Gasteiger partial charge in [-0.25, -0.2) is 0 Å². The van der Waals surface area contributed by atoms with Crippen LogP contribution in [0.5, 0.6) is 5.75 Å². The van der Waals surface area contributed by atoms with Crippen molar-refractivity contribution in [3.8, 4) is 5.75 Å². The van der Waals surface area contributed by atoms with Crippen molar-refractivity contribution in [3.05, 3.63) is 64.7 Å². The second kappa shape index (κ2) is 8.61. The predicted molar refractivity (Wildman–Crippen MR) is 95.6 cm³/mol. The van der Waals surface area contributed by atoms with Crippen molar-refractivity contribution in [2.24, 2.45) is 0 Å². The van der Waals surface area contributed by atoms with E-state index in [1.807, 2.05) is 36.4 Å². The van der Waals surface area contributed by atoms with Crippen LogP contribution >= 0.6 is 23.8 Å². The Hall–Kier alpha value is -1.78. The zero-order valence-electron chi connectivity index (χ0n) is 12.2. The van der Waals surface area contributed by atoms with Crippen LogP contribution in [0, 0.1) is 0 Å². The molecule has 2 aromatic rings. The number of phenols is 1. The van der Waals surface area contributed by atoms with E-state index in [-0.39, 0.29) is 5.75 Å². The van der Waals surface area contributed by atoms with Crippen molar-refractivity contribution in [2.45, 2.75) is 12.8 Å². The van der Waals surface area contributed by atoms with E-state index in [0.717, 1.165) is 42.1 Å². The van der Waals surface area contributed by atoms with Gasteiger partial charge in [-0.3, -0.25) is 0 Å². The number of benzene rings is 2. The lowest BCUT2D eigenvalue weighted by Gasteiger charge is -2.11. The summed E-state index contributed by atoms with van der Waals surface area (Å²) in [6.45, 7) is 1.50. The monoisotopic (exact) mass is 334 g/mol. The number of hydrogen-bond donors (Lipinski definition) is 3. The van der Waals surface area contributed by atoms with Crippen molar-refractivity contribution in [1.82, 2.24) is 10.6 Å². The fourth-order valence-corrected chi connectivity index (χ4v) is 2.49. The molecule has 0 aromatic heterocycles. The van der Waals surface area contributed by atoms with Crippen LogP contribution in [-0.2, 0) is 12.8 Å². The molecule has 0 heterocycles. The average Bonchev–Trinajstić information content (AvgIpc) is 2.51. The van der Waals surface area contributed by atoms with E-state index in [4.69, 9.17) is 23.8 Å². The summed E-state index contributed by atoms with van der Waals surface area (Å²) in [5.41, 5.74) is 2.27. The zero-order valence-corrected chi connectivity index (χ0v) is 13.8. The average molecular weight is 335 g/mol. The maximum absolute atomic E-state index is 9.23. The lowest BCUT2D eigenvalue weighted by Crippen LogP contribution is -2.37. The van der Waals surface area contributed by atoms with Gasteiger partial charge < -0.3 is 15.7 Å². The molecule has 0 saturated heterocycles. The number of hydrogen-bond acceptors (Lipinski definition) is 2. The zero-order chi connectivity index (χ0) is 15.8. The highest BCUT2D eigenvalue weighted by molar-refractivity contribution is 7.80.